The molecule has 1 N–H and O–H groups in total. The molecule has 1 aromatic carbocycles. The summed E-state index contributed by atoms with van der Waals surface area (Å²) < 4.78 is 4.37. The Bertz CT molecular complexity index is 528. The molecule has 6 nitrogen and oxygen atoms in total. The van der Waals surface area contributed by atoms with Crippen molar-refractivity contribution in [1.82, 2.24) is 4.90 Å². The number of nitrogens with zero attached hydrogens (tertiary/aromatic N) is 1. The number of carbonyl (C=O) groups excluding carboxylic acids is 3. The Morgan fingerprint density at radius 3 is 2.65 bits per heavy atom. The maximum Gasteiger partial charge on any atom is 0.336 e. The lowest BCUT2D eigenvalue weighted by Gasteiger charge is -2.17. The quantitative estimate of drug-likeness (QED) is 0.621. The molecule has 1 saturated heterocycles. The Kier molecular flexibility index (Phi) is 4.14. The molecule has 2 amide bonds. The third-order valence-electron chi connectivity index (χ3n) is 3.27. The molecule has 6 heteroatoms. The first-order valence-electron chi connectivity index (χ1n) is 6.19. The van der Waals surface area contributed by atoms with Crippen molar-refractivity contribution in [3.8, 4) is 0 Å². The summed E-state index contributed by atoms with van der Waals surface area (Å²) in [5.41, 5.74) is 0.751. The van der Waals surface area contributed by atoms with Crippen LogP contribution < -0.4 is 0 Å². The average molecular weight is 277 g/mol. The van der Waals surface area contributed by atoms with E-state index in [1.807, 2.05) is 6.07 Å². The van der Waals surface area contributed by atoms with Crippen LogP contribution in [-0.4, -0.2) is 47.5 Å². The average Bonchev–Trinajstić information content (AvgIpc) is 2.75. The number of aliphatic hydroxyl groups excluding tert-OH is 1. The number of likely N-dealkylation sites (tertiary alicyclic amines) is 1. The Morgan fingerprint density at radius 2 is 2.05 bits per heavy atom. The first kappa shape index (κ1) is 14.2. The normalized spacial score (nSPS) is 20.1. The molecule has 0 aromatic heterocycles. The second-order valence-corrected chi connectivity index (χ2v) is 4.55. The molecule has 1 heterocycles. The summed E-state index contributed by atoms with van der Waals surface area (Å²) in [4.78, 5) is 36.1. The Balaban J connectivity index is 2.12. The maximum absolute atomic E-state index is 12.2. The molecule has 0 bridgehead atoms. The number of esters is 1. The minimum atomic E-state index is -1.51. The largest absolute Gasteiger partial charge is 0.467 e. The number of methoxy groups -OCH3 is 1. The molecule has 106 valence electrons. The van der Waals surface area contributed by atoms with Crippen molar-refractivity contribution >= 4 is 17.8 Å². The van der Waals surface area contributed by atoms with Crippen molar-refractivity contribution in [3.63, 3.8) is 0 Å². The molecule has 0 radical (unpaired) electrons. The van der Waals surface area contributed by atoms with Crippen molar-refractivity contribution < 1.29 is 24.2 Å². The molecule has 0 spiro atoms. The van der Waals surface area contributed by atoms with Gasteiger partial charge in [0, 0.05) is 6.42 Å². The number of aliphatic hydroxyl groups is 1. The topological polar surface area (TPSA) is 83.9 Å². The number of ether oxygens (including phenoxy) is 1. The third kappa shape index (κ3) is 2.70. The summed E-state index contributed by atoms with van der Waals surface area (Å²) in [5.74, 6) is -2.21. The molecule has 1 fully saturated rings. The van der Waals surface area contributed by atoms with Crippen LogP contribution in [-0.2, 0) is 19.1 Å². The molecular formula is C14H15NO5. The van der Waals surface area contributed by atoms with E-state index in [0.717, 1.165) is 17.6 Å². The van der Waals surface area contributed by atoms with Gasteiger partial charge in [-0.05, 0) is 5.56 Å². The zero-order valence-electron chi connectivity index (χ0n) is 11.0. The molecule has 2 atom stereocenters. The van der Waals surface area contributed by atoms with Gasteiger partial charge in [-0.15, -0.1) is 0 Å². The van der Waals surface area contributed by atoms with E-state index in [0.29, 0.717) is 0 Å². The number of imide groups is 1. The van der Waals surface area contributed by atoms with E-state index in [9.17, 15) is 19.5 Å². The van der Waals surface area contributed by atoms with Gasteiger partial charge in [0.15, 0.2) is 6.10 Å². The maximum atomic E-state index is 12.2. The fraction of sp³-hybridized carbons (Fsp3) is 0.357. The van der Waals surface area contributed by atoms with Crippen LogP contribution in [0.2, 0.25) is 0 Å². The number of rotatable bonds is 4. The van der Waals surface area contributed by atoms with Gasteiger partial charge in [0.2, 0.25) is 11.8 Å². The first-order chi connectivity index (χ1) is 9.54. The number of benzene rings is 1. The second kappa shape index (κ2) is 5.83. The number of amides is 2. The number of carbonyl (C=O) groups is 3. The van der Waals surface area contributed by atoms with E-state index < -0.39 is 29.8 Å². The Morgan fingerprint density at radius 1 is 1.40 bits per heavy atom. The molecule has 20 heavy (non-hydrogen) atoms. The van der Waals surface area contributed by atoms with Gasteiger partial charge in [-0.25, -0.2) is 4.79 Å². The van der Waals surface area contributed by atoms with E-state index in [1.54, 1.807) is 24.3 Å². The van der Waals surface area contributed by atoms with Gasteiger partial charge in [0.05, 0.1) is 19.6 Å². The highest BCUT2D eigenvalue weighted by Gasteiger charge is 2.40. The van der Waals surface area contributed by atoms with Crippen LogP contribution in [0.4, 0.5) is 0 Å². The van der Waals surface area contributed by atoms with Crippen molar-refractivity contribution in [2.45, 2.75) is 18.4 Å². The van der Waals surface area contributed by atoms with E-state index >= 15 is 0 Å². The number of hydrogen-bond acceptors (Lipinski definition) is 5. The number of β-amino-alcohol motifs (C(OH)–C–C–N with tert-alkyl or cyclic N) is 1. The second-order valence-electron chi connectivity index (χ2n) is 4.55. The van der Waals surface area contributed by atoms with E-state index in [1.165, 1.54) is 0 Å². The minimum Gasteiger partial charge on any atom is -0.467 e. The molecule has 2 unspecified atom stereocenters. The van der Waals surface area contributed by atoms with Gasteiger partial charge in [-0.2, -0.15) is 0 Å². The van der Waals surface area contributed by atoms with Crippen LogP contribution in [0.25, 0.3) is 0 Å². The molecular weight excluding hydrogens is 262 g/mol. The number of hydrogen-bond donors (Lipinski definition) is 1. The zero-order chi connectivity index (χ0) is 14.7. The summed E-state index contributed by atoms with van der Waals surface area (Å²) in [5, 5.41) is 9.55. The molecule has 0 saturated carbocycles. The predicted molar refractivity (Wildman–Crippen MR) is 68.5 cm³/mol. The van der Waals surface area contributed by atoms with Crippen molar-refractivity contribution in [2.24, 2.45) is 0 Å². The van der Waals surface area contributed by atoms with Gasteiger partial charge < -0.3 is 9.84 Å². The Labute approximate surface area is 115 Å². The van der Waals surface area contributed by atoms with E-state index in [4.69, 9.17) is 0 Å². The van der Waals surface area contributed by atoms with E-state index in [2.05, 4.69) is 4.74 Å². The third-order valence-corrected chi connectivity index (χ3v) is 3.27. The van der Waals surface area contributed by atoms with Gasteiger partial charge >= 0.3 is 5.97 Å². The zero-order valence-corrected chi connectivity index (χ0v) is 11.0. The highest BCUT2D eigenvalue weighted by atomic mass is 16.5. The Hall–Kier alpha value is -2.21. The van der Waals surface area contributed by atoms with Crippen LogP contribution in [0.1, 0.15) is 17.9 Å². The molecule has 1 aliphatic rings. The lowest BCUT2D eigenvalue weighted by Crippen LogP contribution is -2.40. The molecule has 1 aromatic rings. The van der Waals surface area contributed by atoms with Crippen LogP contribution in [0, 0.1) is 0 Å². The predicted octanol–water partition coefficient (Wildman–Crippen LogP) is 0.0630. The molecule has 1 aliphatic heterocycles. The van der Waals surface area contributed by atoms with Gasteiger partial charge in [0.25, 0.3) is 0 Å². The summed E-state index contributed by atoms with van der Waals surface area (Å²) in [6, 6.07) is 8.95. The SMILES string of the molecule is COC(=O)C(O)CN1C(=O)CC(c2ccccc2)C1=O. The first-order valence-corrected chi connectivity index (χ1v) is 6.19. The highest BCUT2D eigenvalue weighted by molar-refractivity contribution is 6.06. The molecule has 2 rings (SSSR count). The van der Waals surface area contributed by atoms with Crippen LogP contribution in [0.15, 0.2) is 30.3 Å². The highest BCUT2D eigenvalue weighted by Crippen LogP contribution is 2.29. The monoisotopic (exact) mass is 277 g/mol. The van der Waals surface area contributed by atoms with Gasteiger partial charge in [-0.3, -0.25) is 14.5 Å². The van der Waals surface area contributed by atoms with Gasteiger partial charge in [-0.1, -0.05) is 30.3 Å². The standard InChI is InChI=1S/C14H15NO5/c1-20-14(19)11(16)8-15-12(17)7-10(13(15)18)9-5-3-2-4-6-9/h2-6,10-11,16H,7-8H2,1H3. The van der Waals surface area contributed by atoms with Crippen molar-refractivity contribution in [2.75, 3.05) is 13.7 Å². The fourth-order valence-corrected chi connectivity index (χ4v) is 2.20. The lowest BCUT2D eigenvalue weighted by atomic mass is 9.98. The smallest absolute Gasteiger partial charge is 0.336 e. The van der Waals surface area contributed by atoms with Crippen LogP contribution in [0.3, 0.4) is 0 Å². The van der Waals surface area contributed by atoms with Crippen molar-refractivity contribution in [3.05, 3.63) is 35.9 Å². The lowest BCUT2D eigenvalue weighted by molar-refractivity contribution is -0.153. The van der Waals surface area contributed by atoms with E-state index in [-0.39, 0.29) is 13.0 Å². The van der Waals surface area contributed by atoms with Crippen LogP contribution in [0.5, 0.6) is 0 Å². The summed E-state index contributed by atoms with van der Waals surface area (Å²) in [6.45, 7) is -0.367. The summed E-state index contributed by atoms with van der Waals surface area (Å²) in [7, 11) is 1.13. The summed E-state index contributed by atoms with van der Waals surface area (Å²) >= 11 is 0. The summed E-state index contributed by atoms with van der Waals surface area (Å²) in [6.07, 6.45) is -1.46. The van der Waals surface area contributed by atoms with Crippen molar-refractivity contribution in [1.29, 1.82) is 0 Å². The fourth-order valence-electron chi connectivity index (χ4n) is 2.20. The van der Waals surface area contributed by atoms with Gasteiger partial charge in [0.1, 0.15) is 0 Å². The molecule has 0 aliphatic carbocycles. The van der Waals surface area contributed by atoms with Crippen LogP contribution >= 0.6 is 0 Å². The minimum absolute atomic E-state index is 0.0523.